The lowest BCUT2D eigenvalue weighted by atomic mass is 10.2. The molecule has 0 bridgehead atoms. The molecule has 32 heavy (non-hydrogen) atoms. The fraction of sp³-hybridized carbons (Fsp3) is 0.292. The Bertz CT molecular complexity index is 955. The number of nitrogens with one attached hydrogen (secondary N) is 2. The highest BCUT2D eigenvalue weighted by Gasteiger charge is 2.22. The van der Waals surface area contributed by atoms with E-state index in [0.717, 1.165) is 11.3 Å². The van der Waals surface area contributed by atoms with Gasteiger partial charge in [-0.15, -0.1) is 0 Å². The maximum absolute atomic E-state index is 12.5. The van der Waals surface area contributed by atoms with Crippen molar-refractivity contribution in [2.24, 2.45) is 0 Å². The van der Waals surface area contributed by atoms with Crippen molar-refractivity contribution >= 4 is 41.1 Å². The van der Waals surface area contributed by atoms with Crippen LogP contribution in [0.4, 0.5) is 5.69 Å². The molecule has 0 radical (unpaired) electrons. The van der Waals surface area contributed by atoms with Crippen molar-refractivity contribution in [3.8, 4) is 0 Å². The highest BCUT2D eigenvalue weighted by atomic mass is 35.5. The van der Waals surface area contributed by atoms with Gasteiger partial charge in [0.1, 0.15) is 6.04 Å². The Balaban J connectivity index is 1.38. The summed E-state index contributed by atoms with van der Waals surface area (Å²) in [6, 6.07) is 16.3. The molecule has 0 aliphatic carbocycles. The second-order valence-corrected chi connectivity index (χ2v) is 7.97. The third-order valence-corrected chi connectivity index (χ3v) is 5.47. The summed E-state index contributed by atoms with van der Waals surface area (Å²) in [6.45, 7) is 4.06. The molecule has 3 rings (SSSR count). The Hall–Kier alpha value is -3.32. The summed E-state index contributed by atoms with van der Waals surface area (Å²) in [6.07, 6.45) is 3.05. The molecule has 2 aromatic rings. The molecule has 0 saturated carbocycles. The minimum atomic E-state index is -0.752. The van der Waals surface area contributed by atoms with Gasteiger partial charge >= 0.3 is 0 Å². The van der Waals surface area contributed by atoms with E-state index in [1.807, 2.05) is 54.6 Å². The molecule has 1 aliphatic rings. The minimum absolute atomic E-state index is 0.0974. The number of rotatable bonds is 7. The van der Waals surface area contributed by atoms with Crippen LogP contribution in [-0.4, -0.2) is 61.4 Å². The Kier molecular flexibility index (Phi) is 8.27. The molecule has 0 aromatic heterocycles. The van der Waals surface area contributed by atoms with E-state index >= 15 is 0 Å². The van der Waals surface area contributed by atoms with E-state index in [-0.39, 0.29) is 18.4 Å². The predicted molar refractivity (Wildman–Crippen MR) is 126 cm³/mol. The van der Waals surface area contributed by atoms with Crippen LogP contribution in [0.1, 0.15) is 12.5 Å². The number of carbonyl (C=O) groups excluding carboxylic acids is 3. The van der Waals surface area contributed by atoms with E-state index in [9.17, 15) is 14.4 Å². The highest BCUT2D eigenvalue weighted by Crippen LogP contribution is 2.19. The first-order valence-electron chi connectivity index (χ1n) is 10.5. The van der Waals surface area contributed by atoms with Crippen molar-refractivity contribution in [1.82, 2.24) is 15.5 Å². The number of anilines is 1. The number of benzene rings is 2. The number of nitrogens with zero attached hydrogens (tertiary/aromatic N) is 2. The molecule has 2 aromatic carbocycles. The van der Waals surface area contributed by atoms with Crippen LogP contribution in [0.15, 0.2) is 60.7 Å². The van der Waals surface area contributed by atoms with Gasteiger partial charge in [-0.2, -0.15) is 0 Å². The van der Waals surface area contributed by atoms with Gasteiger partial charge in [-0.25, -0.2) is 0 Å². The third-order valence-electron chi connectivity index (χ3n) is 5.22. The molecule has 1 heterocycles. The number of hydrogen-bond donors (Lipinski definition) is 2. The molecule has 1 unspecified atom stereocenters. The summed E-state index contributed by atoms with van der Waals surface area (Å²) in [5.41, 5.74) is 1.96. The van der Waals surface area contributed by atoms with Crippen LogP contribution >= 0.6 is 11.6 Å². The number of carbonyl (C=O) groups is 3. The van der Waals surface area contributed by atoms with Crippen LogP contribution < -0.4 is 15.5 Å². The van der Waals surface area contributed by atoms with E-state index in [0.29, 0.717) is 31.2 Å². The summed E-state index contributed by atoms with van der Waals surface area (Å²) in [5, 5.41) is 5.90. The van der Waals surface area contributed by atoms with E-state index in [2.05, 4.69) is 15.5 Å². The van der Waals surface area contributed by atoms with Crippen molar-refractivity contribution in [3.63, 3.8) is 0 Å². The van der Waals surface area contributed by atoms with E-state index < -0.39 is 11.9 Å². The smallest absolute Gasteiger partial charge is 0.244 e. The van der Waals surface area contributed by atoms with E-state index in [4.69, 9.17) is 11.6 Å². The normalized spacial score (nSPS) is 14.8. The first kappa shape index (κ1) is 23.3. The first-order chi connectivity index (χ1) is 15.4. The fourth-order valence-corrected chi connectivity index (χ4v) is 3.48. The van der Waals surface area contributed by atoms with Gasteiger partial charge in [0.2, 0.25) is 17.7 Å². The number of piperazine rings is 1. The van der Waals surface area contributed by atoms with Gasteiger partial charge in [0.15, 0.2) is 0 Å². The van der Waals surface area contributed by atoms with Crippen molar-refractivity contribution < 1.29 is 14.4 Å². The number of amides is 3. The third kappa shape index (κ3) is 6.85. The van der Waals surface area contributed by atoms with Gasteiger partial charge in [-0.3, -0.25) is 14.4 Å². The molecular weight excluding hydrogens is 428 g/mol. The SMILES string of the molecule is CC(NC(=O)/C=C/c1ccccc1)C(=O)NCC(=O)N1CCN(c2ccc(Cl)cc2)CC1. The fourth-order valence-electron chi connectivity index (χ4n) is 3.36. The first-order valence-corrected chi connectivity index (χ1v) is 10.9. The van der Waals surface area contributed by atoms with Crippen LogP contribution in [0.5, 0.6) is 0 Å². The number of halogens is 1. The molecule has 1 aliphatic heterocycles. The van der Waals surface area contributed by atoms with Gasteiger partial charge in [0.05, 0.1) is 6.54 Å². The van der Waals surface area contributed by atoms with Crippen molar-refractivity contribution in [1.29, 1.82) is 0 Å². The van der Waals surface area contributed by atoms with Crippen molar-refractivity contribution in [2.45, 2.75) is 13.0 Å². The van der Waals surface area contributed by atoms with Crippen LogP contribution in [0.3, 0.4) is 0 Å². The maximum atomic E-state index is 12.5. The summed E-state index contributed by atoms with van der Waals surface area (Å²) < 4.78 is 0. The zero-order valence-electron chi connectivity index (χ0n) is 18.0. The molecule has 1 fully saturated rings. The molecule has 2 N–H and O–H groups in total. The van der Waals surface area contributed by atoms with Crippen LogP contribution in [0.25, 0.3) is 6.08 Å². The lowest BCUT2D eigenvalue weighted by Crippen LogP contribution is -2.52. The second kappa shape index (κ2) is 11.3. The lowest BCUT2D eigenvalue weighted by molar-refractivity contribution is -0.133. The average molecular weight is 455 g/mol. The lowest BCUT2D eigenvalue weighted by Gasteiger charge is -2.36. The average Bonchev–Trinajstić information content (AvgIpc) is 2.82. The van der Waals surface area contributed by atoms with Crippen LogP contribution in [0, 0.1) is 0 Å². The largest absolute Gasteiger partial charge is 0.368 e. The molecule has 1 saturated heterocycles. The topological polar surface area (TPSA) is 81.8 Å². The summed E-state index contributed by atoms with van der Waals surface area (Å²) in [7, 11) is 0. The van der Waals surface area contributed by atoms with Gasteiger partial charge in [-0.05, 0) is 42.8 Å². The van der Waals surface area contributed by atoms with Gasteiger partial charge < -0.3 is 20.4 Å². The second-order valence-electron chi connectivity index (χ2n) is 7.54. The Morgan fingerprint density at radius 2 is 1.66 bits per heavy atom. The van der Waals surface area contributed by atoms with Gasteiger partial charge in [-0.1, -0.05) is 41.9 Å². The zero-order chi connectivity index (χ0) is 22.9. The van der Waals surface area contributed by atoms with Crippen LogP contribution in [-0.2, 0) is 14.4 Å². The molecule has 3 amide bonds. The van der Waals surface area contributed by atoms with Gasteiger partial charge in [0.25, 0.3) is 0 Å². The summed E-state index contributed by atoms with van der Waals surface area (Å²) in [4.78, 5) is 40.7. The molecule has 1 atom stereocenters. The summed E-state index contributed by atoms with van der Waals surface area (Å²) in [5.74, 6) is -0.919. The molecule has 8 heteroatoms. The van der Waals surface area contributed by atoms with E-state index in [1.54, 1.807) is 17.9 Å². The Morgan fingerprint density at radius 1 is 1.00 bits per heavy atom. The predicted octanol–water partition coefficient (Wildman–Crippen LogP) is 2.32. The Morgan fingerprint density at radius 3 is 2.31 bits per heavy atom. The highest BCUT2D eigenvalue weighted by molar-refractivity contribution is 6.30. The maximum Gasteiger partial charge on any atom is 0.244 e. The molecule has 7 nitrogen and oxygen atoms in total. The monoisotopic (exact) mass is 454 g/mol. The van der Waals surface area contributed by atoms with Crippen molar-refractivity contribution in [2.75, 3.05) is 37.6 Å². The van der Waals surface area contributed by atoms with Crippen LogP contribution in [0.2, 0.25) is 5.02 Å². The quantitative estimate of drug-likeness (QED) is 0.629. The molecule has 168 valence electrons. The minimum Gasteiger partial charge on any atom is -0.368 e. The standard InChI is InChI=1S/C24H27ClN4O3/c1-18(27-22(30)12-7-19-5-3-2-4-6-19)24(32)26-17-23(31)29-15-13-28(14-16-29)21-10-8-20(25)9-11-21/h2-12,18H,13-17H2,1H3,(H,26,32)(H,27,30)/b12-7+. The molecular formula is C24H27ClN4O3. The summed E-state index contributed by atoms with van der Waals surface area (Å²) >= 11 is 5.93. The van der Waals surface area contributed by atoms with Crippen molar-refractivity contribution in [3.05, 3.63) is 71.3 Å². The number of hydrogen-bond acceptors (Lipinski definition) is 4. The van der Waals surface area contributed by atoms with E-state index in [1.165, 1.54) is 6.08 Å². The zero-order valence-corrected chi connectivity index (χ0v) is 18.7. The van der Waals surface area contributed by atoms with Gasteiger partial charge in [0, 0.05) is 43.0 Å². The molecule has 0 spiro atoms. The Labute approximate surface area is 193 Å².